The van der Waals surface area contributed by atoms with Crippen LogP contribution in [0.3, 0.4) is 0 Å². The van der Waals surface area contributed by atoms with Gasteiger partial charge in [-0.2, -0.15) is 0 Å². The molecule has 1 amide bonds. The van der Waals surface area contributed by atoms with E-state index in [2.05, 4.69) is 27.9 Å². The Hall–Kier alpha value is -0.780. The van der Waals surface area contributed by atoms with Gasteiger partial charge >= 0.3 is 0 Å². The van der Waals surface area contributed by atoms with Crippen molar-refractivity contribution < 1.29 is 9.53 Å². The first-order valence-corrected chi connectivity index (χ1v) is 5.83. The molecule has 0 atom stereocenters. The van der Waals surface area contributed by atoms with Gasteiger partial charge in [-0.1, -0.05) is 6.07 Å². The number of nitrogens with one attached hydrogen (secondary N) is 1. The highest BCUT2D eigenvalue weighted by molar-refractivity contribution is 14.1. The fraction of sp³-hybridized carbons (Fsp3) is 0.364. The van der Waals surface area contributed by atoms with Crippen LogP contribution < -0.4 is 10.1 Å². The van der Waals surface area contributed by atoms with Crippen LogP contribution in [0.4, 0.5) is 0 Å². The van der Waals surface area contributed by atoms with Crippen LogP contribution in [0.2, 0.25) is 0 Å². The van der Waals surface area contributed by atoms with Gasteiger partial charge in [-0.05, 0) is 54.6 Å². The first-order chi connectivity index (χ1) is 7.08. The van der Waals surface area contributed by atoms with E-state index in [1.165, 1.54) is 0 Å². The third kappa shape index (κ3) is 5.01. The molecule has 15 heavy (non-hydrogen) atoms. The Bertz CT molecular complexity index is 339. The first-order valence-electron chi connectivity index (χ1n) is 4.75. The van der Waals surface area contributed by atoms with Crippen LogP contribution in [0, 0.1) is 3.57 Å². The molecule has 0 aliphatic rings. The molecule has 0 heterocycles. The maximum absolute atomic E-state index is 11.3. The summed E-state index contributed by atoms with van der Waals surface area (Å²) in [6, 6.07) is 7.75. The van der Waals surface area contributed by atoms with Crippen molar-refractivity contribution in [3.8, 4) is 5.75 Å². The standard InChI is InChI=1S/C11H14INO2/c1-8(2)13-11(14)7-15-10-5-3-4-9(12)6-10/h3-6,8H,7H2,1-2H3,(H,13,14). The maximum Gasteiger partial charge on any atom is 0.258 e. The average Bonchev–Trinajstić information content (AvgIpc) is 2.14. The minimum Gasteiger partial charge on any atom is -0.484 e. The number of rotatable bonds is 4. The summed E-state index contributed by atoms with van der Waals surface area (Å²) in [6.45, 7) is 3.91. The van der Waals surface area contributed by atoms with Crippen molar-refractivity contribution >= 4 is 28.5 Å². The van der Waals surface area contributed by atoms with Crippen LogP contribution in [0.15, 0.2) is 24.3 Å². The molecule has 0 aromatic heterocycles. The van der Waals surface area contributed by atoms with Crippen molar-refractivity contribution in [3.63, 3.8) is 0 Å². The number of carbonyl (C=O) groups is 1. The molecule has 0 saturated heterocycles. The van der Waals surface area contributed by atoms with E-state index in [9.17, 15) is 4.79 Å². The van der Waals surface area contributed by atoms with Crippen LogP contribution in [0.25, 0.3) is 0 Å². The highest BCUT2D eigenvalue weighted by atomic mass is 127. The minimum atomic E-state index is -0.0936. The maximum atomic E-state index is 11.3. The number of carbonyl (C=O) groups excluding carboxylic acids is 1. The van der Waals surface area contributed by atoms with Crippen LogP contribution in [-0.4, -0.2) is 18.6 Å². The van der Waals surface area contributed by atoms with Crippen molar-refractivity contribution in [2.75, 3.05) is 6.61 Å². The number of hydrogen-bond donors (Lipinski definition) is 1. The Morgan fingerprint density at radius 2 is 2.27 bits per heavy atom. The van der Waals surface area contributed by atoms with E-state index < -0.39 is 0 Å². The molecular formula is C11H14INO2. The van der Waals surface area contributed by atoms with E-state index in [1.807, 2.05) is 38.1 Å². The number of hydrogen-bond acceptors (Lipinski definition) is 2. The highest BCUT2D eigenvalue weighted by Crippen LogP contribution is 2.14. The van der Waals surface area contributed by atoms with Gasteiger partial charge in [0.05, 0.1) is 0 Å². The van der Waals surface area contributed by atoms with Crippen molar-refractivity contribution in [2.45, 2.75) is 19.9 Å². The fourth-order valence-electron chi connectivity index (χ4n) is 1.07. The predicted octanol–water partition coefficient (Wildman–Crippen LogP) is 2.19. The van der Waals surface area contributed by atoms with Crippen LogP contribution in [0.1, 0.15) is 13.8 Å². The Labute approximate surface area is 103 Å². The van der Waals surface area contributed by atoms with Crippen molar-refractivity contribution in [1.29, 1.82) is 0 Å². The lowest BCUT2D eigenvalue weighted by Crippen LogP contribution is -2.34. The average molecular weight is 319 g/mol. The summed E-state index contributed by atoms with van der Waals surface area (Å²) in [6.07, 6.45) is 0. The van der Waals surface area contributed by atoms with Gasteiger partial charge in [0.25, 0.3) is 5.91 Å². The molecule has 0 aliphatic carbocycles. The summed E-state index contributed by atoms with van der Waals surface area (Å²) in [4.78, 5) is 11.3. The molecule has 1 N–H and O–H groups in total. The van der Waals surface area contributed by atoms with Crippen molar-refractivity contribution in [1.82, 2.24) is 5.32 Å². The molecule has 3 nitrogen and oxygen atoms in total. The Balaban J connectivity index is 2.40. The number of benzene rings is 1. The predicted molar refractivity (Wildman–Crippen MR) is 67.9 cm³/mol. The van der Waals surface area contributed by atoms with E-state index in [-0.39, 0.29) is 18.6 Å². The van der Waals surface area contributed by atoms with Crippen molar-refractivity contribution in [2.24, 2.45) is 0 Å². The van der Waals surface area contributed by atoms with Gasteiger partial charge in [-0.15, -0.1) is 0 Å². The van der Waals surface area contributed by atoms with E-state index in [1.54, 1.807) is 0 Å². The van der Waals surface area contributed by atoms with Gasteiger partial charge < -0.3 is 10.1 Å². The number of halogens is 1. The summed E-state index contributed by atoms with van der Waals surface area (Å²) in [5.74, 6) is 0.629. The summed E-state index contributed by atoms with van der Waals surface area (Å²) >= 11 is 2.20. The molecule has 0 unspecified atom stereocenters. The van der Waals surface area contributed by atoms with Gasteiger partial charge in [-0.25, -0.2) is 0 Å². The normalized spacial score (nSPS) is 10.1. The summed E-state index contributed by atoms with van der Waals surface area (Å²) in [7, 11) is 0. The van der Waals surface area contributed by atoms with Gasteiger partial charge in [-0.3, -0.25) is 4.79 Å². The van der Waals surface area contributed by atoms with E-state index >= 15 is 0 Å². The molecule has 0 aliphatic heterocycles. The number of amides is 1. The zero-order valence-corrected chi connectivity index (χ0v) is 10.9. The fourth-order valence-corrected chi connectivity index (χ4v) is 1.58. The quantitative estimate of drug-likeness (QED) is 0.864. The Kier molecular flexibility index (Phi) is 4.87. The van der Waals surface area contributed by atoms with Crippen LogP contribution in [-0.2, 0) is 4.79 Å². The molecule has 82 valence electrons. The molecule has 0 fully saturated rings. The van der Waals surface area contributed by atoms with E-state index in [0.717, 1.165) is 9.32 Å². The zero-order chi connectivity index (χ0) is 11.3. The summed E-state index contributed by atoms with van der Waals surface area (Å²) in [5, 5.41) is 2.76. The van der Waals surface area contributed by atoms with Gasteiger partial charge in [0.2, 0.25) is 0 Å². The lowest BCUT2D eigenvalue weighted by atomic mass is 10.3. The second-order valence-corrected chi connectivity index (χ2v) is 4.71. The molecule has 0 spiro atoms. The van der Waals surface area contributed by atoms with Crippen LogP contribution >= 0.6 is 22.6 Å². The van der Waals surface area contributed by atoms with E-state index in [4.69, 9.17) is 4.74 Å². The SMILES string of the molecule is CC(C)NC(=O)COc1cccc(I)c1. The number of ether oxygens (including phenoxy) is 1. The monoisotopic (exact) mass is 319 g/mol. The lowest BCUT2D eigenvalue weighted by Gasteiger charge is -2.09. The third-order valence-corrected chi connectivity index (χ3v) is 2.29. The largest absolute Gasteiger partial charge is 0.484 e. The summed E-state index contributed by atoms with van der Waals surface area (Å²) in [5.41, 5.74) is 0. The molecule has 4 heteroatoms. The van der Waals surface area contributed by atoms with Crippen LogP contribution in [0.5, 0.6) is 5.75 Å². The molecule has 0 radical (unpaired) electrons. The molecule has 1 aromatic carbocycles. The smallest absolute Gasteiger partial charge is 0.258 e. The molecule has 0 saturated carbocycles. The third-order valence-electron chi connectivity index (χ3n) is 1.62. The van der Waals surface area contributed by atoms with Gasteiger partial charge in [0.15, 0.2) is 6.61 Å². The topological polar surface area (TPSA) is 38.3 Å². The summed E-state index contributed by atoms with van der Waals surface area (Å²) < 4.78 is 6.42. The van der Waals surface area contributed by atoms with Gasteiger partial charge in [0, 0.05) is 9.61 Å². The van der Waals surface area contributed by atoms with E-state index in [0.29, 0.717) is 0 Å². The minimum absolute atomic E-state index is 0.0677. The lowest BCUT2D eigenvalue weighted by molar-refractivity contribution is -0.123. The highest BCUT2D eigenvalue weighted by Gasteiger charge is 2.03. The first kappa shape index (κ1) is 12.3. The second kappa shape index (κ2) is 5.95. The zero-order valence-electron chi connectivity index (χ0n) is 8.79. The molecule has 0 bridgehead atoms. The Morgan fingerprint density at radius 1 is 1.53 bits per heavy atom. The van der Waals surface area contributed by atoms with Gasteiger partial charge in [0.1, 0.15) is 5.75 Å². The Morgan fingerprint density at radius 3 is 2.87 bits per heavy atom. The van der Waals surface area contributed by atoms with Crippen molar-refractivity contribution in [3.05, 3.63) is 27.8 Å². The molecule has 1 aromatic rings. The molecular weight excluding hydrogens is 305 g/mol. The second-order valence-electron chi connectivity index (χ2n) is 3.47. The molecule has 1 rings (SSSR count).